The summed E-state index contributed by atoms with van der Waals surface area (Å²) in [6.45, 7) is 7.07. The monoisotopic (exact) mass is 383 g/mol. The lowest BCUT2D eigenvalue weighted by Gasteiger charge is -2.34. The number of piperazine rings is 1. The van der Waals surface area contributed by atoms with E-state index in [9.17, 15) is 4.79 Å². The van der Waals surface area contributed by atoms with Gasteiger partial charge in [0, 0.05) is 56.7 Å². The highest BCUT2D eigenvalue weighted by molar-refractivity contribution is 7.15. The number of hydrogen-bond acceptors (Lipinski definition) is 8. The zero-order valence-electron chi connectivity index (χ0n) is 15.2. The van der Waals surface area contributed by atoms with Crippen molar-refractivity contribution in [2.75, 3.05) is 37.6 Å². The Labute approximate surface area is 161 Å². The molecule has 4 heterocycles. The van der Waals surface area contributed by atoms with Gasteiger partial charge in [-0.3, -0.25) is 14.7 Å². The van der Waals surface area contributed by atoms with Gasteiger partial charge in [-0.15, -0.1) is 10.2 Å². The first-order chi connectivity index (χ1) is 13.2. The normalized spacial score (nSPS) is 15.2. The van der Waals surface area contributed by atoms with Gasteiger partial charge in [0.2, 0.25) is 5.13 Å². The molecule has 3 aromatic rings. The van der Waals surface area contributed by atoms with Crippen LogP contribution in [0.5, 0.6) is 0 Å². The van der Waals surface area contributed by atoms with E-state index in [2.05, 4.69) is 30.1 Å². The van der Waals surface area contributed by atoms with Gasteiger partial charge in [-0.1, -0.05) is 11.3 Å². The third-order valence-corrected chi connectivity index (χ3v) is 5.51. The number of aryl methyl sites for hydroxylation is 1. The fraction of sp³-hybridized carbons (Fsp3) is 0.389. The van der Waals surface area contributed by atoms with Crippen molar-refractivity contribution in [3.8, 4) is 11.3 Å². The molecule has 0 atom stereocenters. The minimum absolute atomic E-state index is 0.0781. The van der Waals surface area contributed by atoms with Crippen LogP contribution in [-0.2, 0) is 6.54 Å². The fourth-order valence-electron chi connectivity index (χ4n) is 3.09. The molecule has 3 aromatic heterocycles. The summed E-state index contributed by atoms with van der Waals surface area (Å²) in [6.07, 6.45) is 3.48. The molecule has 1 aliphatic rings. The van der Waals surface area contributed by atoms with Crippen LogP contribution in [0.15, 0.2) is 41.5 Å². The van der Waals surface area contributed by atoms with Crippen molar-refractivity contribution in [2.24, 2.45) is 0 Å². The lowest BCUT2D eigenvalue weighted by atomic mass is 10.2. The van der Waals surface area contributed by atoms with Crippen molar-refractivity contribution in [3.63, 3.8) is 0 Å². The Morgan fingerprint density at radius 2 is 1.93 bits per heavy atom. The summed E-state index contributed by atoms with van der Waals surface area (Å²) in [6, 6.07) is 7.13. The average molecular weight is 383 g/mol. The smallest absolute Gasteiger partial charge is 0.266 e. The minimum atomic E-state index is -0.0781. The molecule has 1 aliphatic heterocycles. The number of hydrogen-bond donors (Lipinski definition) is 0. The summed E-state index contributed by atoms with van der Waals surface area (Å²) in [4.78, 5) is 20.9. The summed E-state index contributed by atoms with van der Waals surface area (Å²) < 4.78 is 1.54. The third kappa shape index (κ3) is 4.20. The highest BCUT2D eigenvalue weighted by Gasteiger charge is 2.19. The van der Waals surface area contributed by atoms with Gasteiger partial charge in [0.05, 0.1) is 12.2 Å². The second kappa shape index (κ2) is 7.93. The van der Waals surface area contributed by atoms with E-state index < -0.39 is 0 Å². The molecule has 8 nitrogen and oxygen atoms in total. The van der Waals surface area contributed by atoms with Crippen LogP contribution < -0.4 is 10.5 Å². The predicted octanol–water partition coefficient (Wildman–Crippen LogP) is 1.29. The Hall–Kier alpha value is -2.65. The molecule has 0 bridgehead atoms. The van der Waals surface area contributed by atoms with E-state index in [4.69, 9.17) is 0 Å². The van der Waals surface area contributed by atoms with Crippen LogP contribution in [0.1, 0.15) is 5.01 Å². The Bertz CT molecular complexity index is 948. The van der Waals surface area contributed by atoms with E-state index in [1.54, 1.807) is 40.5 Å². The Kier molecular flexibility index (Phi) is 5.21. The highest BCUT2D eigenvalue weighted by Crippen LogP contribution is 2.20. The molecule has 9 heteroatoms. The summed E-state index contributed by atoms with van der Waals surface area (Å²) in [5, 5.41) is 14.8. The molecule has 0 spiro atoms. The van der Waals surface area contributed by atoms with Crippen LogP contribution in [0, 0.1) is 6.92 Å². The average Bonchev–Trinajstić information content (AvgIpc) is 3.15. The van der Waals surface area contributed by atoms with E-state index >= 15 is 0 Å². The van der Waals surface area contributed by atoms with E-state index in [0.717, 1.165) is 54.1 Å². The van der Waals surface area contributed by atoms with Crippen LogP contribution in [0.3, 0.4) is 0 Å². The van der Waals surface area contributed by atoms with Crippen molar-refractivity contribution >= 4 is 16.5 Å². The molecule has 27 heavy (non-hydrogen) atoms. The van der Waals surface area contributed by atoms with Gasteiger partial charge >= 0.3 is 0 Å². The Morgan fingerprint density at radius 1 is 1.07 bits per heavy atom. The van der Waals surface area contributed by atoms with E-state index in [0.29, 0.717) is 6.54 Å². The second-order valence-corrected chi connectivity index (χ2v) is 7.61. The molecule has 1 fully saturated rings. The molecule has 0 aromatic carbocycles. The number of aromatic nitrogens is 5. The largest absolute Gasteiger partial charge is 0.344 e. The van der Waals surface area contributed by atoms with Gasteiger partial charge in [-0.05, 0) is 25.1 Å². The first-order valence-electron chi connectivity index (χ1n) is 8.95. The Morgan fingerprint density at radius 3 is 2.63 bits per heavy atom. The van der Waals surface area contributed by atoms with E-state index in [1.807, 2.05) is 19.1 Å². The van der Waals surface area contributed by atoms with Crippen LogP contribution >= 0.6 is 11.3 Å². The molecule has 0 unspecified atom stereocenters. The fourth-order valence-corrected chi connectivity index (χ4v) is 3.83. The number of nitrogens with zero attached hydrogens (tertiary/aromatic N) is 7. The summed E-state index contributed by atoms with van der Waals surface area (Å²) in [5.74, 6) is 0. The third-order valence-electron chi connectivity index (χ3n) is 4.61. The first kappa shape index (κ1) is 17.7. The lowest BCUT2D eigenvalue weighted by Crippen LogP contribution is -2.47. The van der Waals surface area contributed by atoms with Crippen molar-refractivity contribution in [3.05, 3.63) is 52.0 Å². The molecule has 0 saturated carbocycles. The maximum absolute atomic E-state index is 12.2. The molecular formula is C18H21N7OS. The van der Waals surface area contributed by atoms with E-state index in [1.165, 1.54) is 0 Å². The van der Waals surface area contributed by atoms with Gasteiger partial charge in [-0.25, -0.2) is 4.68 Å². The zero-order valence-corrected chi connectivity index (χ0v) is 16.0. The highest BCUT2D eigenvalue weighted by atomic mass is 32.1. The number of anilines is 1. The lowest BCUT2D eigenvalue weighted by molar-refractivity contribution is 0.242. The molecule has 1 saturated heterocycles. The van der Waals surface area contributed by atoms with Crippen molar-refractivity contribution in [1.82, 2.24) is 29.9 Å². The first-order valence-corrected chi connectivity index (χ1v) is 9.77. The van der Waals surface area contributed by atoms with Gasteiger partial charge in [0.25, 0.3) is 5.56 Å². The van der Waals surface area contributed by atoms with Crippen LogP contribution in [0.2, 0.25) is 0 Å². The van der Waals surface area contributed by atoms with Crippen LogP contribution in [0.4, 0.5) is 5.13 Å². The summed E-state index contributed by atoms with van der Waals surface area (Å²) in [5.41, 5.74) is 1.59. The van der Waals surface area contributed by atoms with Gasteiger partial charge in [0.1, 0.15) is 5.01 Å². The maximum atomic E-state index is 12.2. The van der Waals surface area contributed by atoms with Gasteiger partial charge < -0.3 is 4.90 Å². The molecule has 0 aliphatic carbocycles. The van der Waals surface area contributed by atoms with Gasteiger partial charge in [-0.2, -0.15) is 5.10 Å². The molecule has 0 amide bonds. The topological polar surface area (TPSA) is 80.0 Å². The SMILES string of the molecule is Cc1nnc(N2CCN(CCn3nc(-c4cccnc4)ccc3=O)CC2)s1. The molecule has 4 rings (SSSR count). The van der Waals surface area contributed by atoms with Gasteiger partial charge in [0.15, 0.2) is 0 Å². The zero-order chi connectivity index (χ0) is 18.6. The summed E-state index contributed by atoms with van der Waals surface area (Å²) >= 11 is 1.63. The number of pyridine rings is 1. The summed E-state index contributed by atoms with van der Waals surface area (Å²) in [7, 11) is 0. The predicted molar refractivity (Wildman–Crippen MR) is 105 cm³/mol. The molecule has 0 N–H and O–H groups in total. The molecular weight excluding hydrogens is 362 g/mol. The van der Waals surface area contributed by atoms with E-state index in [-0.39, 0.29) is 5.56 Å². The quantitative estimate of drug-likeness (QED) is 0.657. The van der Waals surface area contributed by atoms with Crippen LogP contribution in [-0.4, -0.2) is 62.6 Å². The minimum Gasteiger partial charge on any atom is -0.344 e. The van der Waals surface area contributed by atoms with Crippen LogP contribution in [0.25, 0.3) is 11.3 Å². The second-order valence-electron chi connectivity index (χ2n) is 6.45. The Balaban J connectivity index is 1.36. The standard InChI is InChI=1S/C18H21N7OS/c1-14-20-21-18(27-14)24-10-7-23(8-11-24)9-12-25-17(26)5-4-16(22-25)15-3-2-6-19-13-15/h2-6,13H,7-12H2,1H3. The number of rotatable bonds is 5. The maximum Gasteiger partial charge on any atom is 0.266 e. The van der Waals surface area contributed by atoms with Crippen molar-refractivity contribution in [1.29, 1.82) is 0 Å². The van der Waals surface area contributed by atoms with Crippen molar-refractivity contribution < 1.29 is 0 Å². The molecule has 0 radical (unpaired) electrons. The van der Waals surface area contributed by atoms with Crippen molar-refractivity contribution in [2.45, 2.75) is 13.5 Å². The molecule has 140 valence electrons.